The van der Waals surface area contributed by atoms with Crippen LogP contribution in [0.5, 0.6) is 0 Å². The summed E-state index contributed by atoms with van der Waals surface area (Å²) in [5, 5.41) is 0. The largest absolute Gasteiger partial charge is 0.0885 e. The molecule has 0 aromatic carbocycles. The molecule has 0 unspecified atom stereocenters. The van der Waals surface area contributed by atoms with Gasteiger partial charge in [-0.2, -0.15) is 0 Å². The van der Waals surface area contributed by atoms with Crippen LogP contribution in [0.3, 0.4) is 0 Å². The van der Waals surface area contributed by atoms with Crippen LogP contribution in [0.15, 0.2) is 12.2 Å². The van der Waals surface area contributed by atoms with Crippen molar-refractivity contribution in [3.8, 4) is 0 Å². The highest BCUT2D eigenvalue weighted by atomic mass is 14.1. The number of hydrogen-bond donors (Lipinski definition) is 0. The Bertz CT molecular complexity index is 171. The topological polar surface area (TPSA) is 0 Å². The monoisotopic (exact) mass is 238 g/mol. The first-order valence-electron chi connectivity index (χ1n) is 7.71. The smallest absolute Gasteiger partial charge is 0.0302 e. The molecule has 17 heavy (non-hydrogen) atoms. The van der Waals surface area contributed by atoms with Crippen LogP contribution in [-0.2, 0) is 0 Å². The Labute approximate surface area is 110 Å². The molecule has 0 aliphatic carbocycles. The summed E-state index contributed by atoms with van der Waals surface area (Å²) in [5.41, 5.74) is 0.454. The summed E-state index contributed by atoms with van der Waals surface area (Å²) < 4.78 is 0. The van der Waals surface area contributed by atoms with E-state index in [9.17, 15) is 0 Å². The van der Waals surface area contributed by atoms with E-state index < -0.39 is 0 Å². The molecule has 0 aliphatic rings. The minimum atomic E-state index is 0.454. The van der Waals surface area contributed by atoms with Gasteiger partial charge in [-0.15, -0.1) is 0 Å². The molecule has 0 nitrogen and oxygen atoms in total. The van der Waals surface area contributed by atoms with Gasteiger partial charge in [0.25, 0.3) is 0 Å². The van der Waals surface area contributed by atoms with Gasteiger partial charge in [0.05, 0.1) is 0 Å². The maximum Gasteiger partial charge on any atom is -0.0302 e. The first kappa shape index (κ1) is 16.7. The molecule has 0 rings (SSSR count). The zero-order chi connectivity index (χ0) is 13.0. The zero-order valence-corrected chi connectivity index (χ0v) is 12.7. The molecule has 0 radical (unpaired) electrons. The number of hydrogen-bond acceptors (Lipinski definition) is 0. The maximum atomic E-state index is 2.38. The summed E-state index contributed by atoms with van der Waals surface area (Å²) in [6.07, 6.45) is 18.6. The number of rotatable bonds is 10. The Balaban J connectivity index is 3.13. The first-order chi connectivity index (χ1) is 8.06. The van der Waals surface area contributed by atoms with Gasteiger partial charge in [-0.25, -0.2) is 0 Å². The van der Waals surface area contributed by atoms with Gasteiger partial charge >= 0.3 is 0 Å². The van der Waals surface area contributed by atoms with E-state index in [2.05, 4.69) is 39.8 Å². The van der Waals surface area contributed by atoms with E-state index in [0.717, 1.165) is 0 Å². The second kappa shape index (κ2) is 10.9. The third-order valence-corrected chi connectivity index (χ3v) is 3.12. The van der Waals surface area contributed by atoms with E-state index in [1.54, 1.807) is 0 Å². The standard InChI is InChI=1S/C17H34/c1-5-6-7-8-9-10-11-12-13-14-15-16-17(2,3)4/h14-15H,5-13,16H2,1-4H3/b15-14+. The van der Waals surface area contributed by atoms with Gasteiger partial charge in [-0.3, -0.25) is 0 Å². The minimum absolute atomic E-state index is 0.454. The Hall–Kier alpha value is -0.260. The van der Waals surface area contributed by atoms with Crippen LogP contribution < -0.4 is 0 Å². The van der Waals surface area contributed by atoms with Crippen molar-refractivity contribution in [1.82, 2.24) is 0 Å². The van der Waals surface area contributed by atoms with Gasteiger partial charge < -0.3 is 0 Å². The van der Waals surface area contributed by atoms with Crippen molar-refractivity contribution < 1.29 is 0 Å². The third-order valence-electron chi connectivity index (χ3n) is 3.12. The van der Waals surface area contributed by atoms with E-state index in [1.807, 2.05) is 0 Å². The maximum absolute atomic E-state index is 2.38. The summed E-state index contributed by atoms with van der Waals surface area (Å²) in [7, 11) is 0. The van der Waals surface area contributed by atoms with Crippen molar-refractivity contribution >= 4 is 0 Å². The number of unbranched alkanes of at least 4 members (excludes halogenated alkanes) is 8. The van der Waals surface area contributed by atoms with Crippen molar-refractivity contribution in [2.45, 2.75) is 91.9 Å². The molecule has 0 amide bonds. The van der Waals surface area contributed by atoms with E-state index >= 15 is 0 Å². The van der Waals surface area contributed by atoms with Crippen molar-refractivity contribution in [1.29, 1.82) is 0 Å². The molecular weight excluding hydrogens is 204 g/mol. The van der Waals surface area contributed by atoms with Crippen LogP contribution in [0, 0.1) is 5.41 Å². The first-order valence-corrected chi connectivity index (χ1v) is 7.71. The lowest BCUT2D eigenvalue weighted by Gasteiger charge is -2.14. The molecule has 102 valence electrons. The fraction of sp³-hybridized carbons (Fsp3) is 0.882. The second-order valence-corrected chi connectivity index (χ2v) is 6.50. The van der Waals surface area contributed by atoms with Crippen molar-refractivity contribution in [2.75, 3.05) is 0 Å². The molecule has 0 bridgehead atoms. The molecule has 0 aliphatic heterocycles. The summed E-state index contributed by atoms with van der Waals surface area (Å²) in [6, 6.07) is 0. The quantitative estimate of drug-likeness (QED) is 0.300. The van der Waals surface area contributed by atoms with Gasteiger partial charge in [0.15, 0.2) is 0 Å². The van der Waals surface area contributed by atoms with Gasteiger partial charge in [-0.05, 0) is 24.7 Å². The summed E-state index contributed by atoms with van der Waals surface area (Å²) in [4.78, 5) is 0. The fourth-order valence-electron chi connectivity index (χ4n) is 1.95. The summed E-state index contributed by atoms with van der Waals surface area (Å²) >= 11 is 0. The van der Waals surface area contributed by atoms with Gasteiger partial charge in [0.1, 0.15) is 0 Å². The lowest BCUT2D eigenvalue weighted by molar-refractivity contribution is 0.420. The molecule has 0 atom stereocenters. The van der Waals surface area contributed by atoms with Crippen LogP contribution in [-0.4, -0.2) is 0 Å². The molecule has 0 spiro atoms. The van der Waals surface area contributed by atoms with E-state index in [-0.39, 0.29) is 0 Å². The molecular formula is C17H34. The SMILES string of the molecule is CCCCCCCCCC/C=C/CC(C)(C)C. The zero-order valence-electron chi connectivity index (χ0n) is 12.7. The van der Waals surface area contributed by atoms with Crippen LogP contribution >= 0.6 is 0 Å². The van der Waals surface area contributed by atoms with E-state index in [4.69, 9.17) is 0 Å². The van der Waals surface area contributed by atoms with E-state index in [0.29, 0.717) is 5.41 Å². The normalized spacial score (nSPS) is 12.5. The lowest BCUT2D eigenvalue weighted by atomic mass is 9.92. The average molecular weight is 238 g/mol. The minimum Gasteiger partial charge on any atom is -0.0885 e. The molecule has 0 fully saturated rings. The van der Waals surface area contributed by atoms with Crippen molar-refractivity contribution in [2.24, 2.45) is 5.41 Å². The summed E-state index contributed by atoms with van der Waals surface area (Å²) in [5.74, 6) is 0. The Morgan fingerprint density at radius 1 is 0.706 bits per heavy atom. The molecule has 0 heterocycles. The molecule has 0 N–H and O–H groups in total. The fourth-order valence-corrected chi connectivity index (χ4v) is 1.95. The lowest BCUT2D eigenvalue weighted by Crippen LogP contribution is -2.01. The van der Waals surface area contributed by atoms with Crippen molar-refractivity contribution in [3.63, 3.8) is 0 Å². The Morgan fingerprint density at radius 2 is 1.24 bits per heavy atom. The van der Waals surface area contributed by atoms with Gasteiger partial charge in [-0.1, -0.05) is 84.8 Å². The number of allylic oxidation sites excluding steroid dienone is 2. The predicted molar refractivity (Wildman–Crippen MR) is 80.4 cm³/mol. The second-order valence-electron chi connectivity index (χ2n) is 6.50. The van der Waals surface area contributed by atoms with Crippen LogP contribution in [0.25, 0.3) is 0 Å². The van der Waals surface area contributed by atoms with Gasteiger partial charge in [0.2, 0.25) is 0 Å². The van der Waals surface area contributed by atoms with Crippen molar-refractivity contribution in [3.05, 3.63) is 12.2 Å². The Kier molecular flexibility index (Phi) is 10.7. The molecule has 0 aromatic heterocycles. The van der Waals surface area contributed by atoms with Crippen LogP contribution in [0.4, 0.5) is 0 Å². The average Bonchev–Trinajstić information content (AvgIpc) is 2.24. The molecule has 0 heteroatoms. The third kappa shape index (κ3) is 15.7. The highest BCUT2D eigenvalue weighted by molar-refractivity contribution is 4.85. The molecule has 0 saturated heterocycles. The van der Waals surface area contributed by atoms with Gasteiger partial charge in [0, 0.05) is 0 Å². The van der Waals surface area contributed by atoms with Crippen LogP contribution in [0.2, 0.25) is 0 Å². The molecule has 0 aromatic rings. The molecule has 0 saturated carbocycles. The highest BCUT2D eigenvalue weighted by Crippen LogP contribution is 2.19. The Morgan fingerprint density at radius 3 is 1.76 bits per heavy atom. The summed E-state index contributed by atoms with van der Waals surface area (Å²) in [6.45, 7) is 9.18. The predicted octanol–water partition coefficient (Wildman–Crippen LogP) is 6.51. The van der Waals surface area contributed by atoms with E-state index in [1.165, 1.54) is 64.2 Å². The highest BCUT2D eigenvalue weighted by Gasteiger charge is 2.05. The van der Waals surface area contributed by atoms with Crippen LogP contribution in [0.1, 0.15) is 91.9 Å².